The fraction of sp³-hybridized carbons (Fsp3) is 0.286. The van der Waals surface area contributed by atoms with Gasteiger partial charge in [-0.05, 0) is 17.4 Å². The van der Waals surface area contributed by atoms with Crippen LogP contribution in [0.15, 0.2) is 24.5 Å². The number of alkyl halides is 2. The highest BCUT2D eigenvalue weighted by atomic mass is 31.0. The van der Waals surface area contributed by atoms with E-state index in [1.807, 2.05) is 0 Å². The lowest BCUT2D eigenvalue weighted by molar-refractivity contribution is 0.0257. The van der Waals surface area contributed by atoms with E-state index >= 15 is 0 Å². The zero-order valence-corrected chi connectivity index (χ0v) is 12.7. The molecule has 1 aromatic heterocycles. The Labute approximate surface area is 127 Å². The smallest absolute Gasteiger partial charge is 0.266 e. The van der Waals surface area contributed by atoms with Crippen molar-refractivity contribution in [1.29, 1.82) is 0 Å². The summed E-state index contributed by atoms with van der Waals surface area (Å²) < 4.78 is 40.7. The van der Waals surface area contributed by atoms with Gasteiger partial charge in [-0.2, -0.15) is 0 Å². The molecule has 0 bridgehead atoms. The van der Waals surface area contributed by atoms with Crippen LogP contribution in [0.3, 0.4) is 0 Å². The summed E-state index contributed by atoms with van der Waals surface area (Å²) in [6, 6.07) is 4.49. The number of hydrogen-bond acceptors (Lipinski definition) is 4. The number of aromatic nitrogens is 2. The predicted molar refractivity (Wildman–Crippen MR) is 83.0 cm³/mol. The number of anilines is 2. The van der Waals surface area contributed by atoms with Crippen molar-refractivity contribution in [3.05, 3.63) is 30.3 Å². The third kappa shape index (κ3) is 2.73. The van der Waals surface area contributed by atoms with Crippen molar-refractivity contribution in [2.24, 2.45) is 0 Å². The maximum atomic E-state index is 14.0. The summed E-state index contributed by atoms with van der Waals surface area (Å²) >= 11 is 0. The standard InChI is InChI=1S/C14H14F3N4P/c15-10-2-1-8(22)5-9(10)12-11(18)13(20-7-19-12)21-4-3-14(16,17)6-21/h1-2,5,7H,3-4,6,18,22H2. The fourth-order valence-corrected chi connectivity index (χ4v) is 2.76. The van der Waals surface area contributed by atoms with Crippen LogP contribution in [-0.4, -0.2) is 29.0 Å². The van der Waals surface area contributed by atoms with Crippen molar-refractivity contribution in [3.8, 4) is 11.3 Å². The second kappa shape index (κ2) is 5.39. The van der Waals surface area contributed by atoms with E-state index in [4.69, 9.17) is 5.73 Å². The number of halogens is 3. The maximum Gasteiger partial charge on any atom is 0.266 e. The molecule has 1 aromatic carbocycles. The summed E-state index contributed by atoms with van der Waals surface area (Å²) in [4.78, 5) is 9.42. The van der Waals surface area contributed by atoms with Crippen LogP contribution >= 0.6 is 9.24 Å². The third-order valence-electron chi connectivity index (χ3n) is 3.58. The molecule has 8 heteroatoms. The number of benzene rings is 1. The average molecular weight is 326 g/mol. The molecule has 3 rings (SSSR count). The minimum absolute atomic E-state index is 0.106. The largest absolute Gasteiger partial charge is 0.394 e. The van der Waals surface area contributed by atoms with Gasteiger partial charge in [-0.1, -0.05) is 6.07 Å². The first-order valence-corrected chi connectivity index (χ1v) is 7.24. The van der Waals surface area contributed by atoms with Gasteiger partial charge in [0.15, 0.2) is 5.82 Å². The lowest BCUT2D eigenvalue weighted by atomic mass is 10.1. The molecular formula is C14H14F3N4P. The second-order valence-electron chi connectivity index (χ2n) is 5.23. The van der Waals surface area contributed by atoms with Gasteiger partial charge in [0.05, 0.1) is 6.54 Å². The van der Waals surface area contributed by atoms with E-state index in [1.165, 1.54) is 17.3 Å². The van der Waals surface area contributed by atoms with E-state index in [-0.39, 0.29) is 35.7 Å². The van der Waals surface area contributed by atoms with Gasteiger partial charge in [0.2, 0.25) is 0 Å². The molecule has 4 nitrogen and oxygen atoms in total. The van der Waals surface area contributed by atoms with Crippen LogP contribution in [0, 0.1) is 5.82 Å². The van der Waals surface area contributed by atoms with Gasteiger partial charge in [-0.15, -0.1) is 9.24 Å². The zero-order chi connectivity index (χ0) is 15.9. The minimum Gasteiger partial charge on any atom is -0.394 e. The molecule has 2 aromatic rings. The molecule has 1 saturated heterocycles. The highest BCUT2D eigenvalue weighted by Crippen LogP contribution is 2.36. The topological polar surface area (TPSA) is 55.0 Å². The summed E-state index contributed by atoms with van der Waals surface area (Å²) in [6.07, 6.45) is 0.966. The molecule has 1 fully saturated rings. The van der Waals surface area contributed by atoms with Gasteiger partial charge < -0.3 is 10.6 Å². The second-order valence-corrected chi connectivity index (χ2v) is 5.89. The lowest BCUT2D eigenvalue weighted by Gasteiger charge is -2.20. The Morgan fingerprint density at radius 1 is 1.27 bits per heavy atom. The number of nitrogens with zero attached hydrogens (tertiary/aromatic N) is 3. The Balaban J connectivity index is 2.05. The summed E-state index contributed by atoms with van der Waals surface area (Å²) in [6.45, 7) is -0.292. The molecule has 1 atom stereocenters. The van der Waals surface area contributed by atoms with E-state index in [9.17, 15) is 13.2 Å². The van der Waals surface area contributed by atoms with E-state index in [2.05, 4.69) is 19.2 Å². The molecule has 2 heterocycles. The molecule has 1 aliphatic heterocycles. The minimum atomic E-state index is -2.76. The van der Waals surface area contributed by atoms with Crippen LogP contribution in [0.4, 0.5) is 24.7 Å². The van der Waals surface area contributed by atoms with Crippen LogP contribution < -0.4 is 15.9 Å². The van der Waals surface area contributed by atoms with Crippen molar-refractivity contribution in [2.45, 2.75) is 12.3 Å². The van der Waals surface area contributed by atoms with Crippen molar-refractivity contribution >= 4 is 26.0 Å². The molecule has 1 unspecified atom stereocenters. The number of nitrogen functional groups attached to an aromatic ring is 1. The quantitative estimate of drug-likeness (QED) is 0.860. The average Bonchev–Trinajstić information content (AvgIpc) is 2.82. The first-order chi connectivity index (χ1) is 10.4. The van der Waals surface area contributed by atoms with E-state index in [1.54, 1.807) is 12.1 Å². The number of rotatable bonds is 2. The van der Waals surface area contributed by atoms with Crippen LogP contribution in [0.1, 0.15) is 6.42 Å². The first-order valence-electron chi connectivity index (χ1n) is 6.66. The zero-order valence-electron chi connectivity index (χ0n) is 11.6. The van der Waals surface area contributed by atoms with Gasteiger partial charge in [0, 0.05) is 18.5 Å². The molecule has 0 amide bonds. The van der Waals surface area contributed by atoms with Gasteiger partial charge in [0.1, 0.15) is 23.5 Å². The molecule has 0 aliphatic carbocycles. The molecule has 116 valence electrons. The lowest BCUT2D eigenvalue weighted by Crippen LogP contribution is -2.26. The molecule has 0 radical (unpaired) electrons. The summed E-state index contributed by atoms with van der Waals surface area (Å²) in [5, 5.41) is 0.767. The monoisotopic (exact) mass is 326 g/mol. The third-order valence-corrected chi connectivity index (χ3v) is 3.94. The molecule has 1 aliphatic rings. The van der Waals surface area contributed by atoms with Crippen molar-refractivity contribution in [1.82, 2.24) is 9.97 Å². The SMILES string of the molecule is Nc1c(-c2cc(P)ccc2F)ncnc1N1CCC(F)(F)C1. The van der Waals surface area contributed by atoms with Crippen molar-refractivity contribution in [2.75, 3.05) is 23.7 Å². The van der Waals surface area contributed by atoms with Crippen molar-refractivity contribution < 1.29 is 13.2 Å². The van der Waals surface area contributed by atoms with Crippen LogP contribution in [-0.2, 0) is 0 Å². The van der Waals surface area contributed by atoms with Gasteiger partial charge in [-0.3, -0.25) is 0 Å². The fourth-order valence-electron chi connectivity index (χ4n) is 2.49. The number of nitrogens with two attached hydrogens (primary N) is 1. The van der Waals surface area contributed by atoms with Crippen LogP contribution in [0.25, 0.3) is 11.3 Å². The molecular weight excluding hydrogens is 312 g/mol. The van der Waals surface area contributed by atoms with Gasteiger partial charge >= 0.3 is 0 Å². The first kappa shape index (κ1) is 15.0. The Bertz CT molecular complexity index is 723. The summed E-state index contributed by atoms with van der Waals surface area (Å²) in [7, 11) is 2.46. The Hall–Kier alpha value is -1.88. The Morgan fingerprint density at radius 3 is 2.73 bits per heavy atom. The molecule has 0 spiro atoms. The van der Waals surface area contributed by atoms with Gasteiger partial charge in [-0.25, -0.2) is 23.1 Å². The van der Waals surface area contributed by atoms with Crippen LogP contribution in [0.2, 0.25) is 0 Å². The number of hydrogen-bond donors (Lipinski definition) is 1. The molecule has 0 saturated carbocycles. The van der Waals surface area contributed by atoms with Gasteiger partial charge in [0.25, 0.3) is 5.92 Å². The molecule has 22 heavy (non-hydrogen) atoms. The summed E-state index contributed by atoms with van der Waals surface area (Å²) in [5.74, 6) is -3.02. The van der Waals surface area contributed by atoms with E-state index in [0.717, 1.165) is 5.30 Å². The van der Waals surface area contributed by atoms with Crippen molar-refractivity contribution in [3.63, 3.8) is 0 Å². The maximum absolute atomic E-state index is 14.0. The van der Waals surface area contributed by atoms with Crippen LogP contribution in [0.5, 0.6) is 0 Å². The predicted octanol–water partition coefficient (Wildman–Crippen LogP) is 2.21. The highest BCUT2D eigenvalue weighted by Gasteiger charge is 2.39. The van der Waals surface area contributed by atoms with E-state index in [0.29, 0.717) is 0 Å². The Morgan fingerprint density at radius 2 is 2.05 bits per heavy atom. The summed E-state index contributed by atoms with van der Waals surface area (Å²) in [5.41, 5.74) is 6.56. The van der Waals surface area contributed by atoms with E-state index < -0.39 is 18.3 Å². The Kier molecular flexibility index (Phi) is 3.68. The highest BCUT2D eigenvalue weighted by molar-refractivity contribution is 7.27. The normalized spacial score (nSPS) is 17.0. The molecule has 2 N–H and O–H groups in total.